The maximum atomic E-state index is 9.85. The van der Waals surface area contributed by atoms with E-state index >= 15 is 0 Å². The third-order valence-electron chi connectivity index (χ3n) is 1.47. The van der Waals surface area contributed by atoms with Crippen molar-refractivity contribution in [1.82, 2.24) is 0 Å². The molecular formula is C5H30N2O24P8. The summed E-state index contributed by atoms with van der Waals surface area (Å²) >= 11 is 0. The van der Waals surface area contributed by atoms with Crippen molar-refractivity contribution in [2.45, 2.75) is 0 Å². The molecular weight excluding hydrogens is 720 g/mol. The van der Waals surface area contributed by atoms with Crippen LogP contribution in [-0.2, 0) is 36.5 Å². The third-order valence-corrected chi connectivity index (χ3v) is 13.3. The predicted molar refractivity (Wildman–Crippen MR) is 129 cm³/mol. The Hall–Kier alpha value is 1.12. The SMILES string of the molecule is NCN.O=P(O)(O)CP(=O)(O)O.O=P(O)(O)CP(=O)(O)O.O=P(O)(O)CP(=O)(O)O.O=P(O)(O)CP(=O)(O)O. The first kappa shape index (κ1) is 49.8. The van der Waals surface area contributed by atoms with Gasteiger partial charge >= 0.3 is 60.8 Å². The second-order valence-electron chi connectivity index (χ2n) is 6.12. The summed E-state index contributed by atoms with van der Waals surface area (Å²) < 4.78 is 78.8. The highest BCUT2D eigenvalue weighted by atomic mass is 31.3. The molecule has 34 heteroatoms. The molecule has 0 unspecified atom stereocenters. The molecule has 0 aromatic heterocycles. The normalized spacial score (nSPS) is 13.2. The lowest BCUT2D eigenvalue weighted by Gasteiger charge is -2.03. The van der Waals surface area contributed by atoms with E-state index in [2.05, 4.69) is 11.5 Å². The Bertz CT molecular complexity index is 804. The smallest absolute Gasteiger partial charge is 0.324 e. The average Bonchev–Trinajstić information content (AvgIpc) is 2.31. The summed E-state index contributed by atoms with van der Waals surface area (Å²) in [6.45, 7) is 0.250. The van der Waals surface area contributed by atoms with Crippen LogP contribution >= 0.6 is 60.8 Å². The average molecular weight is 750 g/mol. The van der Waals surface area contributed by atoms with Crippen LogP contribution in [0.1, 0.15) is 0 Å². The lowest BCUT2D eigenvalue weighted by molar-refractivity contribution is 0.352. The van der Waals surface area contributed by atoms with E-state index in [1.54, 1.807) is 0 Å². The summed E-state index contributed by atoms with van der Waals surface area (Å²) in [7, 11) is -36.4. The molecule has 244 valence electrons. The first-order valence-corrected chi connectivity index (χ1v) is 22.4. The van der Waals surface area contributed by atoms with E-state index in [0.717, 1.165) is 0 Å². The summed E-state index contributed by atoms with van der Waals surface area (Å²) in [4.78, 5) is 128. The summed E-state index contributed by atoms with van der Waals surface area (Å²) in [6, 6.07) is 0. The van der Waals surface area contributed by atoms with Gasteiger partial charge in [-0.15, -0.1) is 0 Å². The van der Waals surface area contributed by atoms with Crippen molar-refractivity contribution in [2.75, 3.05) is 30.3 Å². The third kappa shape index (κ3) is 85.4. The molecule has 0 saturated heterocycles. The molecule has 0 aromatic carbocycles. The van der Waals surface area contributed by atoms with Crippen molar-refractivity contribution in [3.05, 3.63) is 0 Å². The minimum Gasteiger partial charge on any atom is -0.324 e. The fraction of sp³-hybridized carbons (Fsp3) is 1.00. The van der Waals surface area contributed by atoms with Crippen molar-refractivity contribution in [3.8, 4) is 0 Å². The highest BCUT2D eigenvalue weighted by molar-refractivity contribution is 7.70. The second-order valence-corrected chi connectivity index (χ2v) is 21.3. The standard InChI is InChI=1S/CH6N2.4CH6O6P2/c2-1-3;4*2-8(3,4)1-9(5,6)7/h1-3H2;4*1H2,(H2,2,3,4)(H2,5,6,7). The molecule has 20 N–H and O–H groups in total. The molecule has 0 aromatic rings. The van der Waals surface area contributed by atoms with Gasteiger partial charge in [-0.05, 0) is 0 Å². The largest absolute Gasteiger partial charge is 0.337 e. The molecule has 0 bridgehead atoms. The van der Waals surface area contributed by atoms with E-state index in [0.29, 0.717) is 0 Å². The van der Waals surface area contributed by atoms with Crippen LogP contribution in [0.2, 0.25) is 0 Å². The lowest BCUT2D eigenvalue weighted by atomic mass is 11.3. The van der Waals surface area contributed by atoms with Gasteiger partial charge in [0.1, 0.15) is 0 Å². The van der Waals surface area contributed by atoms with Crippen LogP contribution in [0.15, 0.2) is 0 Å². The van der Waals surface area contributed by atoms with Crippen molar-refractivity contribution in [3.63, 3.8) is 0 Å². The molecule has 0 fully saturated rings. The highest BCUT2D eigenvalue weighted by Crippen LogP contribution is 2.53. The molecule has 0 saturated carbocycles. The Morgan fingerprint density at radius 3 is 0.333 bits per heavy atom. The Kier molecular flexibility index (Phi) is 24.8. The van der Waals surface area contributed by atoms with E-state index in [4.69, 9.17) is 78.3 Å². The van der Waals surface area contributed by atoms with Gasteiger partial charge in [0.05, 0.1) is 0 Å². The molecule has 0 spiro atoms. The van der Waals surface area contributed by atoms with Crippen LogP contribution < -0.4 is 11.5 Å². The molecule has 0 heterocycles. The molecule has 0 amide bonds. The second kappa shape index (κ2) is 19.4. The fourth-order valence-electron chi connectivity index (χ4n) is 0.960. The molecule has 0 aliphatic rings. The Labute approximate surface area is 217 Å². The van der Waals surface area contributed by atoms with Gasteiger partial charge in [-0.3, -0.25) is 36.5 Å². The molecule has 0 radical (unpaired) electrons. The van der Waals surface area contributed by atoms with Crippen LogP contribution in [0.4, 0.5) is 0 Å². The number of hydrogen-bond donors (Lipinski definition) is 18. The molecule has 0 atom stereocenters. The zero-order chi connectivity index (χ0) is 33.5. The van der Waals surface area contributed by atoms with Gasteiger partial charge < -0.3 is 89.8 Å². The van der Waals surface area contributed by atoms with E-state index in [1.165, 1.54) is 0 Å². The predicted octanol–water partition coefficient (Wildman–Crippen LogP) is -3.94. The highest BCUT2D eigenvalue weighted by Gasteiger charge is 2.28. The minimum atomic E-state index is -4.55. The van der Waals surface area contributed by atoms with Crippen LogP contribution in [-0.4, -0.2) is 109 Å². The van der Waals surface area contributed by atoms with Crippen LogP contribution in [0.25, 0.3) is 0 Å². The first-order chi connectivity index (χ1) is 16.2. The van der Waals surface area contributed by atoms with E-state index in [-0.39, 0.29) is 6.67 Å². The molecule has 0 aliphatic heterocycles. The van der Waals surface area contributed by atoms with Crippen LogP contribution in [0, 0.1) is 0 Å². The maximum absolute atomic E-state index is 9.85. The quantitative estimate of drug-likeness (QED) is 0.0831. The van der Waals surface area contributed by atoms with Crippen LogP contribution in [0.5, 0.6) is 0 Å². The fourth-order valence-corrected chi connectivity index (χ4v) is 8.64. The first-order valence-electron chi connectivity index (χ1n) is 8.01. The molecule has 26 nitrogen and oxygen atoms in total. The summed E-state index contributed by atoms with van der Waals surface area (Å²) in [5.74, 6) is -5.50. The van der Waals surface area contributed by atoms with Gasteiger partial charge in [-0.1, -0.05) is 0 Å². The van der Waals surface area contributed by atoms with Gasteiger partial charge in [-0.2, -0.15) is 0 Å². The topological polar surface area (TPSA) is 512 Å². The van der Waals surface area contributed by atoms with Crippen molar-refractivity contribution < 1.29 is 115 Å². The maximum Gasteiger partial charge on any atom is 0.337 e. The number of rotatable bonds is 8. The van der Waals surface area contributed by atoms with Crippen molar-refractivity contribution in [1.29, 1.82) is 0 Å². The Morgan fingerprint density at radius 1 is 0.282 bits per heavy atom. The van der Waals surface area contributed by atoms with Crippen molar-refractivity contribution in [2.24, 2.45) is 11.5 Å². The van der Waals surface area contributed by atoms with E-state index < -0.39 is 84.4 Å². The zero-order valence-corrected chi connectivity index (χ0v) is 25.8. The molecule has 39 heavy (non-hydrogen) atoms. The van der Waals surface area contributed by atoms with Crippen molar-refractivity contribution >= 4 is 60.8 Å². The molecule has 0 aliphatic carbocycles. The van der Waals surface area contributed by atoms with E-state index in [9.17, 15) is 36.5 Å². The lowest BCUT2D eigenvalue weighted by Crippen LogP contribution is -2.08. The van der Waals surface area contributed by atoms with Gasteiger partial charge in [-0.25, -0.2) is 0 Å². The zero-order valence-electron chi connectivity index (χ0n) is 18.7. The summed E-state index contributed by atoms with van der Waals surface area (Å²) in [6.07, 6.45) is 0. The minimum absolute atomic E-state index is 0.250. The monoisotopic (exact) mass is 750 g/mol. The van der Waals surface area contributed by atoms with Gasteiger partial charge in [0.25, 0.3) is 0 Å². The summed E-state index contributed by atoms with van der Waals surface area (Å²) in [5, 5.41) is 0. The van der Waals surface area contributed by atoms with E-state index in [1.807, 2.05) is 0 Å². The molecule has 0 rings (SSSR count). The number of nitrogens with two attached hydrogens (primary N) is 2. The van der Waals surface area contributed by atoms with Gasteiger partial charge in [0.2, 0.25) is 0 Å². The Morgan fingerprint density at radius 2 is 0.333 bits per heavy atom. The van der Waals surface area contributed by atoms with Crippen LogP contribution in [0.3, 0.4) is 0 Å². The number of hydrogen-bond acceptors (Lipinski definition) is 10. The summed E-state index contributed by atoms with van der Waals surface area (Å²) in [5.41, 5.74) is 9.25. The van der Waals surface area contributed by atoms with Gasteiger partial charge in [0, 0.05) is 6.67 Å². The Balaban J connectivity index is -0.000000127. The van der Waals surface area contributed by atoms with Gasteiger partial charge in [0.15, 0.2) is 23.6 Å².